The number of rotatable bonds is 3. The molecule has 0 fully saturated rings. The van der Waals surface area contributed by atoms with Crippen LogP contribution >= 0.6 is 0 Å². The molecule has 1 unspecified atom stereocenters. The van der Waals surface area contributed by atoms with E-state index < -0.39 is 0 Å². The van der Waals surface area contributed by atoms with Crippen molar-refractivity contribution in [2.45, 2.75) is 71.9 Å². The molecule has 3 rings (SSSR count). The van der Waals surface area contributed by atoms with E-state index >= 15 is 0 Å². The monoisotopic (exact) mass is 321 g/mol. The lowest BCUT2D eigenvalue weighted by Crippen LogP contribution is -2.47. The lowest BCUT2D eigenvalue weighted by molar-refractivity contribution is 0.374. The zero-order chi connectivity index (χ0) is 17.5. The number of hydrogen-bond acceptors (Lipinski definition) is 1. The molecule has 1 aliphatic rings. The summed E-state index contributed by atoms with van der Waals surface area (Å²) in [5, 5.41) is 0. The van der Waals surface area contributed by atoms with E-state index in [1.807, 2.05) is 0 Å². The number of fused-ring (bicyclic) bond motifs is 1. The highest BCUT2D eigenvalue weighted by molar-refractivity contribution is 5.63. The van der Waals surface area contributed by atoms with Crippen LogP contribution in [0.2, 0.25) is 0 Å². The smallest absolute Gasteiger partial charge is 0.0435 e. The van der Waals surface area contributed by atoms with Crippen molar-refractivity contribution in [2.75, 3.05) is 4.90 Å². The second-order valence-electron chi connectivity index (χ2n) is 8.41. The van der Waals surface area contributed by atoms with Gasteiger partial charge in [-0.25, -0.2) is 0 Å². The van der Waals surface area contributed by atoms with E-state index in [-0.39, 0.29) is 5.54 Å². The summed E-state index contributed by atoms with van der Waals surface area (Å²) in [5.41, 5.74) is 7.45. The van der Waals surface area contributed by atoms with Gasteiger partial charge in [-0.3, -0.25) is 0 Å². The number of benzene rings is 2. The number of anilines is 1. The average Bonchev–Trinajstić information content (AvgIpc) is 2.51. The molecule has 1 atom stereocenters. The molecule has 2 aromatic carbocycles. The van der Waals surface area contributed by atoms with E-state index in [0.29, 0.717) is 11.8 Å². The molecule has 1 nitrogen and oxygen atoms in total. The quantitative estimate of drug-likeness (QED) is 0.631. The molecule has 128 valence electrons. The molecule has 0 radical (unpaired) electrons. The molecule has 0 spiro atoms. The summed E-state index contributed by atoms with van der Waals surface area (Å²) in [6, 6.07) is 15.8. The summed E-state index contributed by atoms with van der Waals surface area (Å²) >= 11 is 0. The predicted molar refractivity (Wildman–Crippen MR) is 105 cm³/mol. The zero-order valence-electron chi connectivity index (χ0n) is 16.1. The van der Waals surface area contributed by atoms with E-state index in [2.05, 4.69) is 88.9 Å². The van der Waals surface area contributed by atoms with Crippen LogP contribution in [-0.2, 0) is 6.54 Å². The Bertz CT molecular complexity index is 712. The molecule has 0 saturated carbocycles. The van der Waals surface area contributed by atoms with Crippen molar-refractivity contribution < 1.29 is 0 Å². The first-order valence-electron chi connectivity index (χ1n) is 9.25. The summed E-state index contributed by atoms with van der Waals surface area (Å²) in [6.45, 7) is 15.0. The summed E-state index contributed by atoms with van der Waals surface area (Å²) in [5.74, 6) is 1.19. The number of aryl methyl sites for hydroxylation is 1. The molecule has 1 heterocycles. The first kappa shape index (κ1) is 17.1. The standard InChI is InChI=1S/C23H31N/c1-16(2)20-13-21-18(4)14-23(5,6)24(22(21)12-17(20)3)15-19-10-8-7-9-11-19/h7-13,16,18H,14-15H2,1-6H3. The highest BCUT2D eigenvalue weighted by Gasteiger charge is 2.36. The topological polar surface area (TPSA) is 3.24 Å². The normalized spacial score (nSPS) is 19.5. The summed E-state index contributed by atoms with van der Waals surface area (Å²) in [4.78, 5) is 2.62. The minimum Gasteiger partial charge on any atom is -0.362 e. The lowest BCUT2D eigenvalue weighted by Gasteiger charge is -2.48. The first-order chi connectivity index (χ1) is 11.3. The predicted octanol–water partition coefficient (Wildman–Crippen LogP) is 6.41. The summed E-state index contributed by atoms with van der Waals surface area (Å²) < 4.78 is 0. The van der Waals surface area contributed by atoms with Crippen molar-refractivity contribution in [1.82, 2.24) is 0 Å². The second-order valence-corrected chi connectivity index (χ2v) is 8.41. The van der Waals surface area contributed by atoms with Gasteiger partial charge in [0, 0.05) is 17.8 Å². The van der Waals surface area contributed by atoms with Crippen molar-refractivity contribution in [3.05, 3.63) is 64.7 Å². The van der Waals surface area contributed by atoms with Gasteiger partial charge in [-0.05, 0) is 67.3 Å². The minimum absolute atomic E-state index is 0.175. The highest BCUT2D eigenvalue weighted by atomic mass is 15.2. The molecule has 24 heavy (non-hydrogen) atoms. The van der Waals surface area contributed by atoms with Crippen LogP contribution in [0.25, 0.3) is 0 Å². The maximum atomic E-state index is 2.62. The molecule has 2 aromatic rings. The molecular weight excluding hydrogens is 290 g/mol. The maximum Gasteiger partial charge on any atom is 0.0435 e. The van der Waals surface area contributed by atoms with E-state index in [1.165, 1.54) is 34.4 Å². The third-order valence-corrected chi connectivity index (χ3v) is 5.58. The van der Waals surface area contributed by atoms with E-state index in [1.54, 1.807) is 0 Å². The van der Waals surface area contributed by atoms with Gasteiger partial charge in [0.15, 0.2) is 0 Å². The maximum absolute atomic E-state index is 2.62. The van der Waals surface area contributed by atoms with E-state index in [4.69, 9.17) is 0 Å². The largest absolute Gasteiger partial charge is 0.362 e. The average molecular weight is 322 g/mol. The summed E-state index contributed by atoms with van der Waals surface area (Å²) in [6.07, 6.45) is 1.20. The Morgan fingerprint density at radius 3 is 2.42 bits per heavy atom. The fraction of sp³-hybridized carbons (Fsp3) is 0.478. The van der Waals surface area contributed by atoms with Crippen LogP contribution in [0.3, 0.4) is 0 Å². The number of hydrogen-bond donors (Lipinski definition) is 0. The van der Waals surface area contributed by atoms with Gasteiger partial charge in [0.1, 0.15) is 0 Å². The first-order valence-corrected chi connectivity index (χ1v) is 9.25. The van der Waals surface area contributed by atoms with Crippen LogP contribution in [-0.4, -0.2) is 5.54 Å². The molecule has 0 N–H and O–H groups in total. The molecular formula is C23H31N. The van der Waals surface area contributed by atoms with Gasteiger partial charge in [-0.15, -0.1) is 0 Å². The van der Waals surface area contributed by atoms with Crippen LogP contribution in [0.5, 0.6) is 0 Å². The van der Waals surface area contributed by atoms with Gasteiger partial charge in [0.2, 0.25) is 0 Å². The Kier molecular flexibility index (Phi) is 4.46. The van der Waals surface area contributed by atoms with Gasteiger partial charge in [-0.2, -0.15) is 0 Å². The molecule has 0 aromatic heterocycles. The molecule has 0 amide bonds. The summed E-state index contributed by atoms with van der Waals surface area (Å²) in [7, 11) is 0. The molecule has 1 aliphatic heterocycles. The van der Waals surface area contributed by atoms with Crippen LogP contribution < -0.4 is 4.90 Å². The third kappa shape index (κ3) is 3.09. The van der Waals surface area contributed by atoms with Crippen molar-refractivity contribution in [3.63, 3.8) is 0 Å². The Morgan fingerprint density at radius 1 is 1.12 bits per heavy atom. The molecule has 0 saturated heterocycles. The Hall–Kier alpha value is -1.76. The highest BCUT2D eigenvalue weighted by Crippen LogP contribution is 2.45. The van der Waals surface area contributed by atoms with Gasteiger partial charge < -0.3 is 4.90 Å². The third-order valence-electron chi connectivity index (χ3n) is 5.58. The van der Waals surface area contributed by atoms with Crippen LogP contribution in [0.1, 0.15) is 75.1 Å². The van der Waals surface area contributed by atoms with Crippen molar-refractivity contribution in [2.24, 2.45) is 0 Å². The van der Waals surface area contributed by atoms with Crippen molar-refractivity contribution in [1.29, 1.82) is 0 Å². The second kappa shape index (κ2) is 6.27. The van der Waals surface area contributed by atoms with Crippen LogP contribution in [0, 0.1) is 6.92 Å². The van der Waals surface area contributed by atoms with E-state index in [0.717, 1.165) is 6.54 Å². The Balaban J connectivity index is 2.09. The fourth-order valence-electron chi connectivity index (χ4n) is 4.34. The van der Waals surface area contributed by atoms with Crippen LogP contribution in [0.15, 0.2) is 42.5 Å². The van der Waals surface area contributed by atoms with Gasteiger partial charge in [-0.1, -0.05) is 57.2 Å². The lowest BCUT2D eigenvalue weighted by atomic mass is 9.78. The molecule has 0 bridgehead atoms. The van der Waals surface area contributed by atoms with Crippen molar-refractivity contribution >= 4 is 5.69 Å². The Morgan fingerprint density at radius 2 is 1.79 bits per heavy atom. The zero-order valence-corrected chi connectivity index (χ0v) is 16.1. The SMILES string of the molecule is Cc1cc2c(cc1C(C)C)C(C)CC(C)(C)N2Cc1ccccc1. The van der Waals surface area contributed by atoms with Crippen molar-refractivity contribution in [3.8, 4) is 0 Å². The van der Waals surface area contributed by atoms with Crippen LogP contribution in [0.4, 0.5) is 5.69 Å². The number of nitrogens with zero attached hydrogens (tertiary/aromatic N) is 1. The van der Waals surface area contributed by atoms with E-state index in [9.17, 15) is 0 Å². The minimum atomic E-state index is 0.175. The van der Waals surface area contributed by atoms with Gasteiger partial charge >= 0.3 is 0 Å². The molecule has 0 aliphatic carbocycles. The van der Waals surface area contributed by atoms with Gasteiger partial charge in [0.05, 0.1) is 0 Å². The Labute approximate surface area is 147 Å². The van der Waals surface area contributed by atoms with Gasteiger partial charge in [0.25, 0.3) is 0 Å². The molecule has 1 heteroatoms. The fourth-order valence-corrected chi connectivity index (χ4v) is 4.34.